The second-order valence-electron chi connectivity index (χ2n) is 3.97. The monoisotopic (exact) mass is 190 g/mol. The van der Waals surface area contributed by atoms with Gasteiger partial charge in [-0.15, -0.1) is 5.54 Å². The molecule has 0 radical (unpaired) electrons. The van der Waals surface area contributed by atoms with E-state index in [0.717, 1.165) is 5.56 Å². The molecule has 0 saturated carbocycles. The van der Waals surface area contributed by atoms with Crippen molar-refractivity contribution in [2.24, 2.45) is 0 Å². The minimum Gasteiger partial charge on any atom is -0.384 e. The van der Waals surface area contributed by atoms with Crippen LogP contribution in [0.3, 0.4) is 0 Å². The Kier molecular flexibility index (Phi) is 2.74. The molecule has 0 atom stereocenters. The first-order chi connectivity index (χ1) is 5.97. The van der Waals surface area contributed by atoms with Crippen LogP contribution in [0.25, 0.3) is 0 Å². The third-order valence-corrected chi connectivity index (χ3v) is 2.24. The van der Waals surface area contributed by atoms with Crippen molar-refractivity contribution < 1.29 is 0 Å². The van der Waals surface area contributed by atoms with Crippen molar-refractivity contribution in [3.05, 3.63) is 23.9 Å². The lowest BCUT2D eigenvalue weighted by atomic mass is 10.3. The molecule has 2 N–H and O–H groups in total. The van der Waals surface area contributed by atoms with Crippen LogP contribution in [-0.4, -0.2) is 13.1 Å². The van der Waals surface area contributed by atoms with Crippen LogP contribution in [0.5, 0.6) is 0 Å². The number of anilines is 1. The van der Waals surface area contributed by atoms with Crippen LogP contribution in [0.1, 0.15) is 5.56 Å². The molecule has 13 heavy (non-hydrogen) atoms. The second-order valence-corrected chi connectivity index (χ2v) is 8.72. The second kappa shape index (κ2) is 3.63. The Morgan fingerprint density at radius 1 is 1.31 bits per heavy atom. The van der Waals surface area contributed by atoms with E-state index < -0.39 is 8.07 Å². The first-order valence-electron chi connectivity index (χ1n) is 4.22. The van der Waals surface area contributed by atoms with Crippen LogP contribution in [0.15, 0.2) is 18.3 Å². The standard InChI is InChI=1S/C10H14N2Si/c1-13(2,3)7-6-9-4-5-10(11)12-8-9/h4-5,8H,1-3H3,(H2,11,12). The maximum atomic E-state index is 5.46. The Morgan fingerprint density at radius 3 is 2.46 bits per heavy atom. The molecule has 0 unspecified atom stereocenters. The van der Waals surface area contributed by atoms with Crippen molar-refractivity contribution in [1.29, 1.82) is 0 Å². The van der Waals surface area contributed by atoms with Crippen molar-refractivity contribution >= 4 is 13.9 Å². The maximum absolute atomic E-state index is 5.46. The topological polar surface area (TPSA) is 38.9 Å². The van der Waals surface area contributed by atoms with Crippen molar-refractivity contribution in [2.75, 3.05) is 5.73 Å². The van der Waals surface area contributed by atoms with Gasteiger partial charge in [-0.25, -0.2) is 4.98 Å². The van der Waals surface area contributed by atoms with Crippen LogP contribution in [0.2, 0.25) is 19.6 Å². The summed E-state index contributed by atoms with van der Waals surface area (Å²) < 4.78 is 0. The van der Waals surface area contributed by atoms with Gasteiger partial charge in [0.1, 0.15) is 13.9 Å². The SMILES string of the molecule is C[Si](C)(C)C#Cc1ccc(N)nc1. The summed E-state index contributed by atoms with van der Waals surface area (Å²) in [6, 6.07) is 3.67. The lowest BCUT2D eigenvalue weighted by Crippen LogP contribution is -2.16. The molecule has 68 valence electrons. The molecule has 1 heterocycles. The largest absolute Gasteiger partial charge is 0.384 e. The van der Waals surface area contributed by atoms with E-state index in [1.165, 1.54) is 0 Å². The van der Waals surface area contributed by atoms with E-state index in [1.54, 1.807) is 12.3 Å². The van der Waals surface area contributed by atoms with E-state index in [-0.39, 0.29) is 0 Å². The lowest BCUT2D eigenvalue weighted by Gasteiger charge is -2.03. The van der Waals surface area contributed by atoms with E-state index in [1.807, 2.05) is 6.07 Å². The highest BCUT2D eigenvalue weighted by atomic mass is 28.3. The van der Waals surface area contributed by atoms with Crippen molar-refractivity contribution in [1.82, 2.24) is 4.98 Å². The Labute approximate surface area is 80.2 Å². The van der Waals surface area contributed by atoms with E-state index in [0.29, 0.717) is 5.82 Å². The molecule has 1 aromatic heterocycles. The minimum absolute atomic E-state index is 0.540. The van der Waals surface area contributed by atoms with E-state index in [9.17, 15) is 0 Å². The van der Waals surface area contributed by atoms with Gasteiger partial charge in [0.2, 0.25) is 0 Å². The smallest absolute Gasteiger partial charge is 0.129 e. The Bertz CT molecular complexity index is 338. The maximum Gasteiger partial charge on any atom is 0.129 e. The van der Waals surface area contributed by atoms with Crippen LogP contribution >= 0.6 is 0 Å². The lowest BCUT2D eigenvalue weighted by molar-refractivity contribution is 1.32. The molecule has 2 nitrogen and oxygen atoms in total. The molecule has 1 rings (SSSR count). The van der Waals surface area contributed by atoms with Gasteiger partial charge in [0, 0.05) is 11.8 Å². The average Bonchev–Trinajstić information content (AvgIpc) is 2.02. The summed E-state index contributed by atoms with van der Waals surface area (Å²) in [5.41, 5.74) is 9.67. The zero-order valence-corrected chi connectivity index (χ0v) is 9.26. The minimum atomic E-state index is -1.27. The van der Waals surface area contributed by atoms with Crippen LogP contribution in [0, 0.1) is 11.5 Å². The summed E-state index contributed by atoms with van der Waals surface area (Å²) in [5, 5.41) is 0. The number of nitrogens with two attached hydrogens (primary N) is 1. The third kappa shape index (κ3) is 3.77. The molecule has 0 aliphatic carbocycles. The fourth-order valence-electron chi connectivity index (χ4n) is 0.739. The molecule has 0 fully saturated rings. The quantitative estimate of drug-likeness (QED) is 0.501. The van der Waals surface area contributed by atoms with Crippen molar-refractivity contribution in [3.8, 4) is 11.5 Å². The summed E-state index contributed by atoms with van der Waals surface area (Å²) in [6.45, 7) is 6.64. The highest BCUT2D eigenvalue weighted by Gasteiger charge is 2.07. The number of aromatic nitrogens is 1. The predicted molar refractivity (Wildman–Crippen MR) is 58.9 cm³/mol. The van der Waals surface area contributed by atoms with Crippen LogP contribution in [-0.2, 0) is 0 Å². The molecular weight excluding hydrogens is 176 g/mol. The van der Waals surface area contributed by atoms with E-state index in [2.05, 4.69) is 36.1 Å². The molecule has 0 bridgehead atoms. The third-order valence-electron chi connectivity index (χ3n) is 1.37. The van der Waals surface area contributed by atoms with E-state index >= 15 is 0 Å². The van der Waals surface area contributed by atoms with E-state index in [4.69, 9.17) is 5.73 Å². The van der Waals surface area contributed by atoms with Crippen molar-refractivity contribution in [3.63, 3.8) is 0 Å². The molecule has 0 aliphatic heterocycles. The zero-order chi connectivity index (χ0) is 9.90. The van der Waals surface area contributed by atoms with Gasteiger partial charge in [0.15, 0.2) is 0 Å². The van der Waals surface area contributed by atoms with Gasteiger partial charge < -0.3 is 5.73 Å². The number of nitrogen functional groups attached to an aromatic ring is 1. The Balaban J connectivity index is 2.85. The number of nitrogens with zero attached hydrogens (tertiary/aromatic N) is 1. The van der Waals surface area contributed by atoms with Crippen molar-refractivity contribution in [2.45, 2.75) is 19.6 Å². The Morgan fingerprint density at radius 2 is 2.00 bits per heavy atom. The number of hydrogen-bond donors (Lipinski definition) is 1. The molecule has 0 saturated heterocycles. The highest BCUT2D eigenvalue weighted by molar-refractivity contribution is 6.83. The molecule has 3 heteroatoms. The summed E-state index contributed by atoms with van der Waals surface area (Å²) in [6.07, 6.45) is 1.71. The molecule has 0 aromatic carbocycles. The van der Waals surface area contributed by atoms with Gasteiger partial charge in [0.05, 0.1) is 0 Å². The van der Waals surface area contributed by atoms with Gasteiger partial charge in [-0.3, -0.25) is 0 Å². The molecular formula is C10H14N2Si. The molecule has 0 amide bonds. The summed E-state index contributed by atoms with van der Waals surface area (Å²) >= 11 is 0. The number of rotatable bonds is 0. The fraction of sp³-hybridized carbons (Fsp3) is 0.300. The van der Waals surface area contributed by atoms with Gasteiger partial charge in [-0.2, -0.15) is 0 Å². The fourth-order valence-corrected chi connectivity index (χ4v) is 1.26. The van der Waals surface area contributed by atoms with Gasteiger partial charge in [0.25, 0.3) is 0 Å². The van der Waals surface area contributed by atoms with Crippen LogP contribution in [0.4, 0.5) is 5.82 Å². The number of hydrogen-bond acceptors (Lipinski definition) is 2. The number of pyridine rings is 1. The highest BCUT2D eigenvalue weighted by Crippen LogP contribution is 2.01. The molecule has 0 aliphatic rings. The first-order valence-corrected chi connectivity index (χ1v) is 7.72. The summed E-state index contributed by atoms with van der Waals surface area (Å²) in [4.78, 5) is 3.97. The molecule has 0 spiro atoms. The van der Waals surface area contributed by atoms with Gasteiger partial charge in [-0.05, 0) is 12.1 Å². The predicted octanol–water partition coefficient (Wildman–Crippen LogP) is 1.89. The zero-order valence-electron chi connectivity index (χ0n) is 8.26. The summed E-state index contributed by atoms with van der Waals surface area (Å²) in [7, 11) is -1.27. The summed E-state index contributed by atoms with van der Waals surface area (Å²) in [5.74, 6) is 3.65. The average molecular weight is 190 g/mol. The Hall–Kier alpha value is -1.27. The first kappa shape index (κ1) is 9.81. The molecule has 1 aromatic rings. The van der Waals surface area contributed by atoms with Crippen LogP contribution < -0.4 is 5.73 Å². The normalized spacial score (nSPS) is 10.4. The van der Waals surface area contributed by atoms with Gasteiger partial charge in [-0.1, -0.05) is 25.6 Å². The van der Waals surface area contributed by atoms with Gasteiger partial charge >= 0.3 is 0 Å².